The molecule has 6 aromatic carbocycles. The molecule has 9 heteroatoms. The van der Waals surface area contributed by atoms with Crippen LogP contribution >= 0.6 is 0 Å². The number of aromatic nitrogens is 1. The Morgan fingerprint density at radius 2 is 1.13 bits per heavy atom. The fourth-order valence-electron chi connectivity index (χ4n) is 7.32. The molecule has 0 radical (unpaired) electrons. The van der Waals surface area contributed by atoms with Gasteiger partial charge in [-0.25, -0.2) is 4.79 Å². The van der Waals surface area contributed by atoms with Gasteiger partial charge in [-0.2, -0.15) is 8.42 Å². The van der Waals surface area contributed by atoms with Crippen molar-refractivity contribution in [2.45, 2.75) is 10.8 Å². The summed E-state index contributed by atoms with van der Waals surface area (Å²) in [5, 5.41) is 2.74. The van der Waals surface area contributed by atoms with E-state index in [2.05, 4.69) is 4.57 Å². The van der Waals surface area contributed by atoms with Gasteiger partial charge in [0.2, 0.25) is 0 Å². The summed E-state index contributed by atoms with van der Waals surface area (Å²) in [7, 11) is 0.683. The van der Waals surface area contributed by atoms with Crippen molar-refractivity contribution in [2.75, 3.05) is 14.2 Å². The molecule has 0 aliphatic rings. The van der Waals surface area contributed by atoms with Crippen LogP contribution in [0.25, 0.3) is 43.6 Å². The van der Waals surface area contributed by atoms with Crippen molar-refractivity contribution in [3.05, 3.63) is 167 Å². The van der Waals surface area contributed by atoms with Crippen molar-refractivity contribution in [3.63, 3.8) is 0 Å². The fourth-order valence-corrected chi connectivity index (χ4v) is 8.43. The van der Waals surface area contributed by atoms with Crippen LogP contribution in [0.3, 0.4) is 0 Å². The molecule has 0 saturated heterocycles. The summed E-state index contributed by atoms with van der Waals surface area (Å²) in [5.74, 6) is 0.337. The van der Waals surface area contributed by atoms with Crippen LogP contribution in [0.2, 0.25) is 0 Å². The van der Waals surface area contributed by atoms with E-state index >= 15 is 0 Å². The number of methoxy groups -OCH3 is 2. The first-order chi connectivity index (χ1) is 25.3. The summed E-state index contributed by atoms with van der Waals surface area (Å²) in [6.45, 7) is 0. The van der Waals surface area contributed by atoms with Gasteiger partial charge in [-0.15, -0.1) is 0 Å². The van der Waals surface area contributed by atoms with E-state index in [1.807, 2.05) is 98.0 Å². The van der Waals surface area contributed by atoms with Crippen molar-refractivity contribution in [2.24, 2.45) is 7.05 Å². The molecule has 258 valence electrons. The molecule has 0 aliphatic carbocycles. The SMILES string of the molecule is COc1ccccc1C(c1ccccc1OC)c1c(-c2c(OS(=O)(=O)c3cccc4ccccc34)oc(=O)c3ccccc23)c2ccccc2n1C. The first-order valence-electron chi connectivity index (χ1n) is 16.6. The molecule has 2 heterocycles. The monoisotopic (exact) mass is 707 g/mol. The second kappa shape index (κ2) is 13.1. The minimum Gasteiger partial charge on any atom is -0.496 e. The molecule has 8 aromatic rings. The highest BCUT2D eigenvalue weighted by Gasteiger charge is 2.34. The first kappa shape index (κ1) is 32.9. The van der Waals surface area contributed by atoms with E-state index in [9.17, 15) is 13.2 Å². The molecular formula is C43H33NO7S. The van der Waals surface area contributed by atoms with Crippen LogP contribution in [0.1, 0.15) is 22.7 Å². The molecule has 0 bridgehead atoms. The molecule has 8 rings (SSSR count). The Bertz CT molecular complexity index is 2770. The van der Waals surface area contributed by atoms with Gasteiger partial charge in [0.25, 0.3) is 0 Å². The number of aryl methyl sites for hydroxylation is 1. The molecule has 0 saturated carbocycles. The number of rotatable bonds is 9. The lowest BCUT2D eigenvalue weighted by Gasteiger charge is -2.25. The third-order valence-electron chi connectivity index (χ3n) is 9.59. The Kier molecular flexibility index (Phi) is 8.28. The van der Waals surface area contributed by atoms with Gasteiger partial charge in [-0.3, -0.25) is 0 Å². The Morgan fingerprint density at radius 3 is 1.81 bits per heavy atom. The predicted octanol–water partition coefficient (Wildman–Crippen LogP) is 9.07. The lowest BCUT2D eigenvalue weighted by molar-refractivity contribution is 0.364. The highest BCUT2D eigenvalue weighted by molar-refractivity contribution is 7.87. The van der Waals surface area contributed by atoms with Crippen LogP contribution in [-0.4, -0.2) is 27.2 Å². The van der Waals surface area contributed by atoms with E-state index in [4.69, 9.17) is 18.1 Å². The third kappa shape index (κ3) is 5.37. The number of ether oxygens (including phenoxy) is 2. The predicted molar refractivity (Wildman–Crippen MR) is 203 cm³/mol. The highest BCUT2D eigenvalue weighted by Crippen LogP contribution is 2.50. The number of hydrogen-bond acceptors (Lipinski definition) is 7. The van der Waals surface area contributed by atoms with E-state index in [1.54, 1.807) is 56.7 Å². The summed E-state index contributed by atoms with van der Waals surface area (Å²) in [6, 6.07) is 42.5. The molecule has 0 N–H and O–H groups in total. The molecule has 0 fully saturated rings. The largest absolute Gasteiger partial charge is 0.496 e. The lowest BCUT2D eigenvalue weighted by atomic mass is 9.83. The number of benzene rings is 6. The van der Waals surface area contributed by atoms with E-state index in [0.717, 1.165) is 33.1 Å². The van der Waals surface area contributed by atoms with E-state index in [0.29, 0.717) is 33.4 Å². The molecule has 0 atom stereocenters. The third-order valence-corrected chi connectivity index (χ3v) is 10.9. The molecule has 52 heavy (non-hydrogen) atoms. The molecule has 0 aliphatic heterocycles. The van der Waals surface area contributed by atoms with Crippen LogP contribution in [0.4, 0.5) is 0 Å². The number of fused-ring (bicyclic) bond motifs is 3. The zero-order valence-electron chi connectivity index (χ0n) is 28.6. The van der Waals surface area contributed by atoms with Gasteiger partial charge in [-0.1, -0.05) is 109 Å². The minimum absolute atomic E-state index is 0.0496. The smallest absolute Gasteiger partial charge is 0.346 e. The van der Waals surface area contributed by atoms with Crippen LogP contribution in [0.5, 0.6) is 17.4 Å². The number of para-hydroxylation sites is 3. The summed E-state index contributed by atoms with van der Waals surface area (Å²) < 4.78 is 54.6. The quantitative estimate of drug-likeness (QED) is 0.138. The molecule has 2 aromatic heterocycles. The normalized spacial score (nSPS) is 11.8. The maximum Gasteiger partial charge on any atom is 0.346 e. The van der Waals surface area contributed by atoms with Crippen molar-refractivity contribution in [3.8, 4) is 28.6 Å². The highest BCUT2D eigenvalue weighted by atomic mass is 32.2. The topological polar surface area (TPSA) is 97.0 Å². The van der Waals surface area contributed by atoms with E-state index in [1.165, 1.54) is 6.07 Å². The second-order valence-electron chi connectivity index (χ2n) is 12.4. The van der Waals surface area contributed by atoms with Crippen molar-refractivity contribution in [1.29, 1.82) is 0 Å². The van der Waals surface area contributed by atoms with Gasteiger partial charge in [-0.05, 0) is 35.7 Å². The van der Waals surface area contributed by atoms with Crippen molar-refractivity contribution in [1.82, 2.24) is 4.57 Å². The average molecular weight is 708 g/mol. The molecule has 0 spiro atoms. The standard InChI is InChI=1S/C43H33NO7S/c1-44-34-23-11-8-20-31(34)39(41(44)38(32-21-9-12-24-35(32)48-2)33-22-10-13-25-36(33)49-3)40-29-18-6-7-19-30(29)42(45)50-43(40)51-52(46,47)37-26-14-16-27-15-4-5-17-28(27)37/h4-26,38H,1-3H3. The Hall–Kier alpha value is -6.32. The van der Waals surface area contributed by atoms with E-state index in [-0.39, 0.29) is 10.3 Å². The number of nitrogens with zero attached hydrogens (tertiary/aromatic N) is 1. The fraction of sp³-hybridized carbons (Fsp3) is 0.0930. The minimum atomic E-state index is -4.54. The molecular weight excluding hydrogens is 675 g/mol. The maximum absolute atomic E-state index is 14.3. The molecule has 0 unspecified atom stereocenters. The van der Waals surface area contributed by atoms with Gasteiger partial charge in [0, 0.05) is 51.1 Å². The zero-order chi connectivity index (χ0) is 36.0. The van der Waals surface area contributed by atoms with Gasteiger partial charge < -0.3 is 22.6 Å². The van der Waals surface area contributed by atoms with Crippen LogP contribution in [0, 0.1) is 0 Å². The van der Waals surface area contributed by atoms with Gasteiger partial charge in [0.05, 0.1) is 31.1 Å². The van der Waals surface area contributed by atoms with Gasteiger partial charge in [0.1, 0.15) is 16.4 Å². The van der Waals surface area contributed by atoms with Crippen molar-refractivity contribution < 1.29 is 26.5 Å². The van der Waals surface area contributed by atoms with Crippen LogP contribution < -0.4 is 19.3 Å². The Balaban J connectivity index is 1.50. The average Bonchev–Trinajstić information content (AvgIpc) is 3.46. The maximum atomic E-state index is 14.3. The van der Waals surface area contributed by atoms with Crippen LogP contribution in [-0.2, 0) is 17.2 Å². The Morgan fingerprint density at radius 1 is 0.596 bits per heavy atom. The summed E-state index contributed by atoms with van der Waals surface area (Å²) in [6.07, 6.45) is 0. The second-order valence-corrected chi connectivity index (χ2v) is 13.9. The van der Waals surface area contributed by atoms with Gasteiger partial charge in [0.15, 0.2) is 0 Å². The zero-order valence-corrected chi connectivity index (χ0v) is 29.4. The van der Waals surface area contributed by atoms with E-state index < -0.39 is 27.6 Å². The van der Waals surface area contributed by atoms with Crippen LogP contribution in [0.15, 0.2) is 154 Å². The van der Waals surface area contributed by atoms with Crippen molar-refractivity contribution >= 4 is 42.6 Å². The lowest BCUT2D eigenvalue weighted by Crippen LogP contribution is -2.15. The number of hydrogen-bond donors (Lipinski definition) is 0. The molecule has 8 nitrogen and oxygen atoms in total. The molecule has 0 amide bonds. The summed E-state index contributed by atoms with van der Waals surface area (Å²) >= 11 is 0. The summed E-state index contributed by atoms with van der Waals surface area (Å²) in [5.41, 5.74) is 3.53. The summed E-state index contributed by atoms with van der Waals surface area (Å²) in [4.78, 5) is 13.6. The Labute approximate surface area is 300 Å². The van der Waals surface area contributed by atoms with Gasteiger partial charge >= 0.3 is 21.7 Å². The first-order valence-corrected chi connectivity index (χ1v) is 18.0.